The van der Waals surface area contributed by atoms with Crippen molar-refractivity contribution < 1.29 is 14.3 Å². The lowest BCUT2D eigenvalue weighted by atomic mass is 10.2. The molecule has 0 saturated carbocycles. The summed E-state index contributed by atoms with van der Waals surface area (Å²) in [7, 11) is 0. The lowest BCUT2D eigenvalue weighted by molar-refractivity contribution is -0.121. The van der Waals surface area contributed by atoms with Crippen LogP contribution in [0.15, 0.2) is 24.3 Å². The van der Waals surface area contributed by atoms with Gasteiger partial charge in [0.05, 0.1) is 24.3 Å². The monoisotopic (exact) mass is 288 g/mol. The lowest BCUT2D eigenvalue weighted by Gasteiger charge is -2.17. The van der Waals surface area contributed by atoms with Crippen LogP contribution in [0.3, 0.4) is 0 Å². The molecule has 0 aliphatic carbocycles. The minimum atomic E-state index is -0.428. The van der Waals surface area contributed by atoms with Crippen LogP contribution in [0.25, 0.3) is 0 Å². The highest BCUT2D eigenvalue weighted by molar-refractivity contribution is 6.22. The third kappa shape index (κ3) is 2.99. The zero-order valence-corrected chi connectivity index (χ0v) is 12.2. The van der Waals surface area contributed by atoms with E-state index in [1.165, 1.54) is 4.90 Å². The van der Waals surface area contributed by atoms with E-state index in [1.54, 1.807) is 0 Å². The molecule has 0 radical (unpaired) electrons. The molecule has 3 rings (SSSR count). The maximum absolute atomic E-state index is 12.4. The maximum atomic E-state index is 12.4. The van der Waals surface area contributed by atoms with Gasteiger partial charge in [-0.05, 0) is 31.9 Å². The van der Waals surface area contributed by atoms with Crippen LogP contribution in [-0.2, 0) is 14.3 Å². The summed E-state index contributed by atoms with van der Waals surface area (Å²) in [4.78, 5) is 25.8. The van der Waals surface area contributed by atoms with Crippen LogP contribution in [0.1, 0.15) is 24.8 Å². The van der Waals surface area contributed by atoms with Gasteiger partial charge in [-0.1, -0.05) is 17.7 Å². The Labute approximate surface area is 124 Å². The van der Waals surface area contributed by atoms with Gasteiger partial charge >= 0.3 is 0 Å². The predicted octanol–water partition coefficient (Wildman–Crippen LogP) is 1.40. The highest BCUT2D eigenvalue weighted by atomic mass is 16.5. The van der Waals surface area contributed by atoms with Crippen molar-refractivity contribution in [3.8, 4) is 0 Å². The van der Waals surface area contributed by atoms with Crippen molar-refractivity contribution in [3.63, 3.8) is 0 Å². The second kappa shape index (κ2) is 5.95. The van der Waals surface area contributed by atoms with Gasteiger partial charge in [0.25, 0.3) is 5.91 Å². The third-order valence-electron chi connectivity index (χ3n) is 4.05. The molecule has 21 heavy (non-hydrogen) atoms. The Morgan fingerprint density at radius 2 is 2.05 bits per heavy atom. The highest BCUT2D eigenvalue weighted by Gasteiger charge is 2.39. The molecule has 1 aromatic rings. The predicted molar refractivity (Wildman–Crippen MR) is 79.1 cm³/mol. The summed E-state index contributed by atoms with van der Waals surface area (Å²) < 4.78 is 5.53. The molecule has 5 heteroatoms. The second-order valence-electron chi connectivity index (χ2n) is 5.70. The molecule has 5 nitrogen and oxygen atoms in total. The smallest absolute Gasteiger partial charge is 0.251 e. The van der Waals surface area contributed by atoms with Crippen LogP contribution in [-0.4, -0.2) is 37.1 Å². The van der Waals surface area contributed by atoms with E-state index >= 15 is 0 Å². The summed E-state index contributed by atoms with van der Waals surface area (Å²) in [6.45, 7) is 3.40. The summed E-state index contributed by atoms with van der Waals surface area (Å²) >= 11 is 0. The molecule has 1 aromatic carbocycles. The summed E-state index contributed by atoms with van der Waals surface area (Å²) in [5.74, 6) is -0.310. The van der Waals surface area contributed by atoms with Crippen molar-refractivity contribution in [3.05, 3.63) is 29.8 Å². The first-order valence-corrected chi connectivity index (χ1v) is 7.43. The minimum Gasteiger partial charge on any atom is -0.377 e. The van der Waals surface area contributed by atoms with E-state index in [9.17, 15) is 9.59 Å². The number of hydrogen-bond acceptors (Lipinski definition) is 4. The van der Waals surface area contributed by atoms with Gasteiger partial charge in [-0.3, -0.25) is 9.59 Å². The molecule has 2 aliphatic rings. The standard InChI is InChI=1S/C16H20N2O3/c1-11-4-6-12(7-5-11)18-15(19)9-14(16(18)20)17-10-13-3-2-8-21-13/h4-7,13-14,17H,2-3,8-10H2,1H3/t13-,14+/m0/s1. The molecule has 2 amide bonds. The van der Waals surface area contributed by atoms with Crippen LogP contribution >= 0.6 is 0 Å². The van der Waals surface area contributed by atoms with E-state index in [0.717, 1.165) is 25.0 Å². The number of benzene rings is 1. The van der Waals surface area contributed by atoms with E-state index in [0.29, 0.717) is 12.2 Å². The van der Waals surface area contributed by atoms with Gasteiger partial charge in [0.15, 0.2) is 0 Å². The molecular weight excluding hydrogens is 268 g/mol. The van der Waals surface area contributed by atoms with E-state index in [4.69, 9.17) is 4.74 Å². The van der Waals surface area contributed by atoms with Crippen molar-refractivity contribution >= 4 is 17.5 Å². The fourth-order valence-corrected chi connectivity index (χ4v) is 2.84. The van der Waals surface area contributed by atoms with Gasteiger partial charge in [-0.15, -0.1) is 0 Å². The zero-order chi connectivity index (χ0) is 14.8. The van der Waals surface area contributed by atoms with Crippen molar-refractivity contribution in [2.75, 3.05) is 18.1 Å². The van der Waals surface area contributed by atoms with Gasteiger partial charge in [0.2, 0.25) is 5.91 Å². The molecular formula is C16H20N2O3. The van der Waals surface area contributed by atoms with Gasteiger partial charge in [-0.2, -0.15) is 0 Å². The molecule has 112 valence electrons. The molecule has 1 N–H and O–H groups in total. The number of ether oxygens (including phenoxy) is 1. The van der Waals surface area contributed by atoms with Gasteiger partial charge in [0, 0.05) is 13.2 Å². The summed E-state index contributed by atoms with van der Waals surface area (Å²) in [6, 6.07) is 7.01. The number of rotatable bonds is 4. The zero-order valence-electron chi connectivity index (χ0n) is 12.2. The molecule has 0 spiro atoms. The van der Waals surface area contributed by atoms with Crippen molar-refractivity contribution in [1.82, 2.24) is 5.32 Å². The van der Waals surface area contributed by atoms with E-state index in [1.807, 2.05) is 31.2 Å². The lowest BCUT2D eigenvalue weighted by Crippen LogP contribution is -2.41. The molecule has 2 aliphatic heterocycles. The van der Waals surface area contributed by atoms with E-state index < -0.39 is 6.04 Å². The van der Waals surface area contributed by atoms with Crippen LogP contribution in [0.2, 0.25) is 0 Å². The molecule has 2 fully saturated rings. The average molecular weight is 288 g/mol. The molecule has 0 bridgehead atoms. The van der Waals surface area contributed by atoms with Crippen LogP contribution in [0, 0.1) is 6.92 Å². The Kier molecular flexibility index (Phi) is 4.03. The van der Waals surface area contributed by atoms with E-state index in [2.05, 4.69) is 5.32 Å². The normalized spacial score (nSPS) is 25.9. The fourth-order valence-electron chi connectivity index (χ4n) is 2.84. The average Bonchev–Trinajstić information content (AvgIpc) is 3.07. The Bertz CT molecular complexity index is 535. The summed E-state index contributed by atoms with van der Waals surface area (Å²) in [5, 5.41) is 3.18. The number of carbonyl (C=O) groups is 2. The number of amides is 2. The molecule has 2 heterocycles. The van der Waals surface area contributed by atoms with Gasteiger partial charge in [0.1, 0.15) is 0 Å². The van der Waals surface area contributed by atoms with Crippen molar-refractivity contribution in [2.24, 2.45) is 0 Å². The topological polar surface area (TPSA) is 58.6 Å². The van der Waals surface area contributed by atoms with Crippen molar-refractivity contribution in [2.45, 2.75) is 38.3 Å². The van der Waals surface area contributed by atoms with Crippen LogP contribution < -0.4 is 10.2 Å². The quantitative estimate of drug-likeness (QED) is 0.851. The first-order valence-electron chi connectivity index (χ1n) is 7.43. The first-order chi connectivity index (χ1) is 10.1. The number of aryl methyl sites for hydroxylation is 1. The molecule has 0 aromatic heterocycles. The second-order valence-corrected chi connectivity index (χ2v) is 5.70. The van der Waals surface area contributed by atoms with Crippen LogP contribution in [0.5, 0.6) is 0 Å². The number of anilines is 1. The molecule has 0 unspecified atom stereocenters. The van der Waals surface area contributed by atoms with E-state index in [-0.39, 0.29) is 24.3 Å². The van der Waals surface area contributed by atoms with Gasteiger partial charge in [-0.25, -0.2) is 4.90 Å². The Morgan fingerprint density at radius 1 is 1.29 bits per heavy atom. The number of carbonyl (C=O) groups excluding carboxylic acids is 2. The molecule has 2 atom stereocenters. The third-order valence-corrected chi connectivity index (χ3v) is 4.05. The summed E-state index contributed by atoms with van der Waals surface area (Å²) in [6.07, 6.45) is 2.48. The SMILES string of the molecule is Cc1ccc(N2C(=O)C[C@@H](NC[C@@H]3CCCO3)C2=O)cc1. The number of nitrogens with zero attached hydrogens (tertiary/aromatic N) is 1. The Hall–Kier alpha value is -1.72. The van der Waals surface area contributed by atoms with Crippen molar-refractivity contribution in [1.29, 1.82) is 0 Å². The largest absolute Gasteiger partial charge is 0.377 e. The minimum absolute atomic E-state index is 0.145. The number of imide groups is 1. The van der Waals surface area contributed by atoms with Gasteiger partial charge < -0.3 is 10.1 Å². The molecule has 2 saturated heterocycles. The highest BCUT2D eigenvalue weighted by Crippen LogP contribution is 2.23. The Balaban J connectivity index is 1.65. The number of hydrogen-bond donors (Lipinski definition) is 1. The summed E-state index contributed by atoms with van der Waals surface area (Å²) in [5.41, 5.74) is 1.75. The Morgan fingerprint density at radius 3 is 2.71 bits per heavy atom. The fraction of sp³-hybridized carbons (Fsp3) is 0.500. The van der Waals surface area contributed by atoms with Crippen LogP contribution in [0.4, 0.5) is 5.69 Å². The first kappa shape index (κ1) is 14.2. The number of nitrogens with one attached hydrogen (secondary N) is 1. The maximum Gasteiger partial charge on any atom is 0.251 e.